The molecular formula is C25H25N5O4S. The fourth-order valence-corrected chi connectivity index (χ4v) is 5.03. The molecule has 0 amide bonds. The van der Waals surface area contributed by atoms with Gasteiger partial charge in [0.1, 0.15) is 0 Å². The van der Waals surface area contributed by atoms with Gasteiger partial charge in [0.05, 0.1) is 34.3 Å². The average Bonchev–Trinajstić information content (AvgIpc) is 3.17. The van der Waals surface area contributed by atoms with Gasteiger partial charge in [0, 0.05) is 6.54 Å². The highest BCUT2D eigenvalue weighted by Crippen LogP contribution is 2.34. The van der Waals surface area contributed by atoms with Crippen molar-refractivity contribution < 1.29 is 18.6 Å². The van der Waals surface area contributed by atoms with E-state index >= 15 is 0 Å². The molecule has 180 valence electrons. The van der Waals surface area contributed by atoms with Crippen molar-refractivity contribution in [2.45, 2.75) is 25.3 Å². The first-order chi connectivity index (χ1) is 16.8. The quantitative estimate of drug-likeness (QED) is 0.336. The second kappa shape index (κ2) is 10.1. The maximum absolute atomic E-state index is 13.2. The maximum atomic E-state index is 13.2. The van der Waals surface area contributed by atoms with E-state index in [9.17, 15) is 18.6 Å². The summed E-state index contributed by atoms with van der Waals surface area (Å²) in [5, 5.41) is 32.4. The topological polar surface area (TPSA) is 120 Å². The lowest BCUT2D eigenvalue weighted by Crippen LogP contribution is -2.30. The summed E-state index contributed by atoms with van der Waals surface area (Å²) < 4.78 is 29.1. The molecule has 3 aromatic carbocycles. The molecule has 2 N–H and O–H groups in total. The van der Waals surface area contributed by atoms with Crippen LogP contribution in [0.4, 0.5) is 17.1 Å². The number of aromatic hydroxyl groups is 1. The molecule has 0 saturated carbocycles. The molecule has 0 aliphatic carbocycles. The van der Waals surface area contributed by atoms with E-state index in [2.05, 4.69) is 15.3 Å². The Balaban J connectivity index is 1.56. The van der Waals surface area contributed by atoms with Crippen molar-refractivity contribution in [2.24, 2.45) is 10.2 Å². The lowest BCUT2D eigenvalue weighted by atomic mass is 10.2. The first-order valence-electron chi connectivity index (χ1n) is 10.9. The number of azo groups is 1. The van der Waals surface area contributed by atoms with Crippen LogP contribution in [0.3, 0.4) is 0 Å². The van der Waals surface area contributed by atoms with Crippen molar-refractivity contribution in [2.75, 3.05) is 10.8 Å². The predicted molar refractivity (Wildman–Crippen MR) is 133 cm³/mol. The second-order valence-electron chi connectivity index (χ2n) is 7.69. The summed E-state index contributed by atoms with van der Waals surface area (Å²) in [4.78, 5) is 0.112. The monoisotopic (exact) mass is 491 g/mol. The molecule has 0 spiro atoms. The van der Waals surface area contributed by atoms with Gasteiger partial charge in [0.25, 0.3) is 10.0 Å². The second-order valence-corrected chi connectivity index (χ2v) is 9.56. The molecule has 0 radical (unpaired) electrons. The smallest absolute Gasteiger partial charge is 0.264 e. The molecular weight excluding hydrogens is 466 g/mol. The van der Waals surface area contributed by atoms with Gasteiger partial charge in [-0.05, 0) is 67.9 Å². The largest absolute Gasteiger partial charge is 0.492 e. The number of aromatic nitrogens is 2. The van der Waals surface area contributed by atoms with E-state index in [1.165, 1.54) is 21.1 Å². The number of hydrogen-bond acceptors (Lipinski definition) is 7. The first kappa shape index (κ1) is 24.1. The van der Waals surface area contributed by atoms with Gasteiger partial charge in [-0.2, -0.15) is 14.9 Å². The maximum Gasteiger partial charge on any atom is 0.264 e. The summed E-state index contributed by atoms with van der Waals surface area (Å²) in [5.41, 5.74) is 3.05. The van der Waals surface area contributed by atoms with E-state index in [0.29, 0.717) is 28.3 Å². The number of anilines is 1. The number of rotatable bonds is 8. The number of benzene rings is 3. The lowest BCUT2D eigenvalue weighted by molar-refractivity contribution is 0.282. The van der Waals surface area contributed by atoms with Crippen molar-refractivity contribution >= 4 is 27.1 Å². The van der Waals surface area contributed by atoms with E-state index < -0.39 is 10.0 Å². The predicted octanol–water partition coefficient (Wildman–Crippen LogP) is 5.01. The summed E-state index contributed by atoms with van der Waals surface area (Å²) >= 11 is 0. The van der Waals surface area contributed by atoms with E-state index in [1.54, 1.807) is 50.2 Å². The SMILES string of the molecule is CCN(c1ccc(CO)cc1)S(=O)(=O)c1ccc(/N=N/c2c(C)nn(-c3ccccc3)c2O)cc1. The average molecular weight is 492 g/mol. The van der Waals surface area contributed by atoms with Gasteiger partial charge in [-0.15, -0.1) is 5.11 Å². The normalized spacial score (nSPS) is 11.7. The van der Waals surface area contributed by atoms with Crippen LogP contribution in [-0.2, 0) is 16.6 Å². The van der Waals surface area contributed by atoms with Crippen molar-refractivity contribution in [3.05, 3.63) is 90.1 Å². The highest BCUT2D eigenvalue weighted by atomic mass is 32.2. The molecule has 0 aliphatic rings. The van der Waals surface area contributed by atoms with Crippen molar-refractivity contribution in [3.63, 3.8) is 0 Å². The third kappa shape index (κ3) is 4.93. The molecule has 0 saturated heterocycles. The molecule has 9 nitrogen and oxygen atoms in total. The zero-order chi connectivity index (χ0) is 25.0. The summed E-state index contributed by atoms with van der Waals surface area (Å²) in [5.74, 6) is -0.137. The number of aliphatic hydroxyl groups is 1. The van der Waals surface area contributed by atoms with Crippen LogP contribution < -0.4 is 4.31 Å². The molecule has 1 heterocycles. The molecule has 0 fully saturated rings. The summed E-state index contributed by atoms with van der Waals surface area (Å²) in [7, 11) is -3.80. The number of para-hydroxylation sites is 1. The van der Waals surface area contributed by atoms with E-state index in [4.69, 9.17) is 0 Å². The first-order valence-corrected chi connectivity index (χ1v) is 12.4. The van der Waals surface area contributed by atoms with Gasteiger partial charge < -0.3 is 10.2 Å². The van der Waals surface area contributed by atoms with Crippen LogP contribution in [0.5, 0.6) is 5.88 Å². The molecule has 4 rings (SSSR count). The molecule has 0 bridgehead atoms. The number of hydrogen-bond donors (Lipinski definition) is 2. The Bertz CT molecular complexity index is 1430. The van der Waals surface area contributed by atoms with Crippen LogP contribution in [0.2, 0.25) is 0 Å². The van der Waals surface area contributed by atoms with E-state index in [1.807, 2.05) is 30.3 Å². The zero-order valence-electron chi connectivity index (χ0n) is 19.3. The van der Waals surface area contributed by atoms with Crippen LogP contribution in [0.1, 0.15) is 18.2 Å². The number of nitrogens with zero attached hydrogens (tertiary/aromatic N) is 5. The Labute approximate surface area is 203 Å². The number of aryl methyl sites for hydroxylation is 1. The Morgan fingerprint density at radius 2 is 1.60 bits per heavy atom. The Morgan fingerprint density at radius 3 is 2.20 bits per heavy atom. The van der Waals surface area contributed by atoms with Crippen LogP contribution in [-0.4, -0.2) is 35.0 Å². The van der Waals surface area contributed by atoms with Crippen molar-refractivity contribution in [1.29, 1.82) is 0 Å². The Morgan fingerprint density at radius 1 is 0.943 bits per heavy atom. The Hall–Kier alpha value is -4.02. The molecule has 10 heteroatoms. The number of sulfonamides is 1. The third-order valence-electron chi connectivity index (χ3n) is 5.39. The highest BCUT2D eigenvalue weighted by molar-refractivity contribution is 7.92. The van der Waals surface area contributed by atoms with Gasteiger partial charge in [0.2, 0.25) is 5.88 Å². The summed E-state index contributed by atoms with van der Waals surface area (Å²) in [6.07, 6.45) is 0. The summed E-state index contributed by atoms with van der Waals surface area (Å²) in [6, 6.07) is 21.9. The summed E-state index contributed by atoms with van der Waals surface area (Å²) in [6.45, 7) is 3.60. The lowest BCUT2D eigenvalue weighted by Gasteiger charge is -2.23. The highest BCUT2D eigenvalue weighted by Gasteiger charge is 2.23. The van der Waals surface area contributed by atoms with E-state index in [-0.39, 0.29) is 29.6 Å². The minimum Gasteiger partial charge on any atom is -0.492 e. The van der Waals surface area contributed by atoms with Crippen molar-refractivity contribution in [3.8, 4) is 11.6 Å². The van der Waals surface area contributed by atoms with Crippen LogP contribution in [0.15, 0.2) is 94.0 Å². The van der Waals surface area contributed by atoms with Crippen LogP contribution in [0.25, 0.3) is 5.69 Å². The van der Waals surface area contributed by atoms with Crippen LogP contribution >= 0.6 is 0 Å². The third-order valence-corrected chi connectivity index (χ3v) is 7.31. The molecule has 0 atom stereocenters. The Kier molecular flexibility index (Phi) is 6.94. The minimum atomic E-state index is -3.80. The van der Waals surface area contributed by atoms with E-state index in [0.717, 1.165) is 0 Å². The van der Waals surface area contributed by atoms with Gasteiger partial charge >= 0.3 is 0 Å². The molecule has 0 aliphatic heterocycles. The van der Waals surface area contributed by atoms with Gasteiger partial charge in [-0.1, -0.05) is 30.3 Å². The van der Waals surface area contributed by atoms with Gasteiger partial charge in [-0.25, -0.2) is 8.42 Å². The molecule has 1 aromatic heterocycles. The molecule has 0 unspecified atom stereocenters. The zero-order valence-corrected chi connectivity index (χ0v) is 20.1. The molecule has 4 aromatic rings. The van der Waals surface area contributed by atoms with Gasteiger partial charge in [0.15, 0.2) is 5.69 Å². The van der Waals surface area contributed by atoms with Crippen LogP contribution in [0, 0.1) is 6.92 Å². The van der Waals surface area contributed by atoms with Crippen molar-refractivity contribution in [1.82, 2.24) is 9.78 Å². The molecule has 35 heavy (non-hydrogen) atoms. The standard InChI is InChI=1S/C25H25N5O4S/c1-3-29(21-13-9-19(17-31)10-14-21)35(33,34)23-15-11-20(12-16-23)26-27-24-18(2)28-30(25(24)32)22-7-5-4-6-8-22/h4-16,31-32H,3,17H2,1-2H3/b27-26+. The van der Waals surface area contributed by atoms with Gasteiger partial charge in [-0.3, -0.25) is 4.31 Å². The fraction of sp³-hybridized carbons (Fsp3) is 0.160. The fourth-order valence-electron chi connectivity index (χ4n) is 3.55. The minimum absolute atomic E-state index is 0.112. The number of aliphatic hydroxyl groups excluding tert-OH is 1.